The van der Waals surface area contributed by atoms with Gasteiger partial charge in [-0.2, -0.15) is 0 Å². The van der Waals surface area contributed by atoms with Gasteiger partial charge in [0.15, 0.2) is 0 Å². The van der Waals surface area contributed by atoms with Crippen molar-refractivity contribution in [3.8, 4) is 0 Å². The average Bonchev–Trinajstić information content (AvgIpc) is 2.81. The van der Waals surface area contributed by atoms with Gasteiger partial charge in [0.05, 0.1) is 17.7 Å². The van der Waals surface area contributed by atoms with Gasteiger partial charge in [0.1, 0.15) is 5.82 Å². The van der Waals surface area contributed by atoms with Gasteiger partial charge in [0.2, 0.25) is 0 Å². The number of aromatic nitrogens is 1. The summed E-state index contributed by atoms with van der Waals surface area (Å²) >= 11 is 1.55. The summed E-state index contributed by atoms with van der Waals surface area (Å²) in [4.78, 5) is 6.17. The minimum Gasteiger partial charge on any atom is -0.368 e. The number of hydrogen-bond donors (Lipinski definition) is 1. The molecule has 17 heavy (non-hydrogen) atoms. The summed E-state index contributed by atoms with van der Waals surface area (Å²) in [6.07, 6.45) is 0. The Bertz CT molecular complexity index is 485. The van der Waals surface area contributed by atoms with Gasteiger partial charge in [-0.3, -0.25) is 0 Å². The van der Waals surface area contributed by atoms with Gasteiger partial charge in [0.25, 0.3) is 0 Å². The number of halogens is 1. The van der Waals surface area contributed by atoms with E-state index in [0.717, 1.165) is 11.4 Å². The molecule has 2 aromatic rings. The van der Waals surface area contributed by atoms with E-state index in [1.54, 1.807) is 22.9 Å². The number of nitrogens with two attached hydrogens (primary N) is 1. The van der Waals surface area contributed by atoms with Crippen LogP contribution in [0.1, 0.15) is 11.3 Å². The standard InChI is InChI=1S/C12H14FN3S/c1-16(6-9-7-17-8-15-9)12-4-2-3-11(13)10(12)5-14/h2-4,7-8H,5-6,14H2,1H3. The Balaban J connectivity index is 2.24. The number of nitrogens with zero attached hydrogens (tertiary/aromatic N) is 2. The topological polar surface area (TPSA) is 42.2 Å². The molecule has 1 aromatic heterocycles. The Morgan fingerprint density at radius 3 is 2.94 bits per heavy atom. The van der Waals surface area contributed by atoms with Crippen LogP contribution >= 0.6 is 11.3 Å². The van der Waals surface area contributed by atoms with Crippen LogP contribution in [0.2, 0.25) is 0 Å². The number of anilines is 1. The molecule has 0 aliphatic heterocycles. The maximum Gasteiger partial charge on any atom is 0.129 e. The summed E-state index contributed by atoms with van der Waals surface area (Å²) in [6, 6.07) is 5.00. The quantitative estimate of drug-likeness (QED) is 0.907. The lowest BCUT2D eigenvalue weighted by Crippen LogP contribution is -2.19. The normalized spacial score (nSPS) is 10.5. The third kappa shape index (κ3) is 2.62. The Labute approximate surface area is 104 Å². The Kier molecular flexibility index (Phi) is 3.71. The Morgan fingerprint density at radius 2 is 2.29 bits per heavy atom. The molecule has 0 aliphatic rings. The Morgan fingerprint density at radius 1 is 1.47 bits per heavy atom. The van der Waals surface area contributed by atoms with Crippen LogP contribution in [0.25, 0.3) is 0 Å². The van der Waals surface area contributed by atoms with Gasteiger partial charge in [0, 0.05) is 30.2 Å². The van der Waals surface area contributed by atoms with Crippen molar-refractivity contribution in [1.82, 2.24) is 4.98 Å². The molecule has 0 radical (unpaired) electrons. The highest BCUT2D eigenvalue weighted by atomic mass is 32.1. The molecule has 0 amide bonds. The van der Waals surface area contributed by atoms with Gasteiger partial charge < -0.3 is 10.6 Å². The lowest BCUT2D eigenvalue weighted by atomic mass is 10.1. The van der Waals surface area contributed by atoms with Crippen LogP contribution in [-0.2, 0) is 13.1 Å². The van der Waals surface area contributed by atoms with E-state index < -0.39 is 0 Å². The lowest BCUT2D eigenvalue weighted by molar-refractivity contribution is 0.609. The molecule has 1 heterocycles. The fourth-order valence-electron chi connectivity index (χ4n) is 1.75. The zero-order valence-corrected chi connectivity index (χ0v) is 10.4. The van der Waals surface area contributed by atoms with Crippen LogP contribution in [0.4, 0.5) is 10.1 Å². The molecule has 0 aliphatic carbocycles. The molecule has 0 saturated carbocycles. The average molecular weight is 251 g/mol. The van der Waals surface area contributed by atoms with Crippen molar-refractivity contribution in [3.05, 3.63) is 46.2 Å². The fraction of sp³-hybridized carbons (Fsp3) is 0.250. The highest BCUT2D eigenvalue weighted by Crippen LogP contribution is 2.23. The maximum atomic E-state index is 13.6. The zero-order valence-electron chi connectivity index (χ0n) is 9.56. The van der Waals surface area contributed by atoms with E-state index in [9.17, 15) is 4.39 Å². The molecule has 5 heteroatoms. The minimum atomic E-state index is -0.255. The largest absolute Gasteiger partial charge is 0.368 e. The molecule has 1 aromatic carbocycles. The van der Waals surface area contributed by atoms with Crippen molar-refractivity contribution in [1.29, 1.82) is 0 Å². The molecule has 0 atom stereocenters. The van der Waals surface area contributed by atoms with Crippen molar-refractivity contribution in [2.75, 3.05) is 11.9 Å². The van der Waals surface area contributed by atoms with Crippen molar-refractivity contribution >= 4 is 17.0 Å². The van der Waals surface area contributed by atoms with E-state index >= 15 is 0 Å². The molecular formula is C12H14FN3S. The zero-order chi connectivity index (χ0) is 12.3. The van der Waals surface area contributed by atoms with Crippen molar-refractivity contribution in [2.45, 2.75) is 13.1 Å². The first kappa shape index (κ1) is 12.0. The second-order valence-electron chi connectivity index (χ2n) is 3.78. The van der Waals surface area contributed by atoms with E-state index in [2.05, 4.69) is 4.98 Å². The minimum absolute atomic E-state index is 0.198. The highest BCUT2D eigenvalue weighted by Gasteiger charge is 2.11. The summed E-state index contributed by atoms with van der Waals surface area (Å²) in [7, 11) is 1.91. The second kappa shape index (κ2) is 5.25. The van der Waals surface area contributed by atoms with E-state index in [1.165, 1.54) is 6.07 Å². The van der Waals surface area contributed by atoms with Crippen LogP contribution in [0, 0.1) is 5.82 Å². The van der Waals surface area contributed by atoms with Gasteiger partial charge in [-0.15, -0.1) is 11.3 Å². The molecule has 0 fully saturated rings. The summed E-state index contributed by atoms with van der Waals surface area (Å²) in [5.41, 5.74) is 9.72. The molecule has 3 nitrogen and oxygen atoms in total. The molecule has 0 spiro atoms. The summed E-state index contributed by atoms with van der Waals surface area (Å²) in [5, 5.41) is 1.98. The van der Waals surface area contributed by atoms with Crippen LogP contribution in [0.15, 0.2) is 29.1 Å². The Hall–Kier alpha value is -1.46. The summed E-state index contributed by atoms with van der Waals surface area (Å²) in [5.74, 6) is -0.255. The predicted molar refractivity (Wildman–Crippen MR) is 68.5 cm³/mol. The molecule has 0 saturated heterocycles. The summed E-state index contributed by atoms with van der Waals surface area (Å²) < 4.78 is 13.6. The predicted octanol–water partition coefficient (Wildman–Crippen LogP) is 2.38. The van der Waals surface area contributed by atoms with Gasteiger partial charge >= 0.3 is 0 Å². The van der Waals surface area contributed by atoms with Gasteiger partial charge in [-0.1, -0.05) is 6.07 Å². The van der Waals surface area contributed by atoms with E-state index in [1.807, 2.05) is 23.4 Å². The monoisotopic (exact) mass is 251 g/mol. The van der Waals surface area contributed by atoms with Gasteiger partial charge in [-0.25, -0.2) is 9.37 Å². The number of rotatable bonds is 4. The fourth-order valence-corrected chi connectivity index (χ4v) is 2.30. The lowest BCUT2D eigenvalue weighted by Gasteiger charge is -2.21. The maximum absolute atomic E-state index is 13.6. The van der Waals surface area contributed by atoms with Crippen LogP contribution in [-0.4, -0.2) is 12.0 Å². The smallest absolute Gasteiger partial charge is 0.129 e. The van der Waals surface area contributed by atoms with Crippen molar-refractivity contribution in [2.24, 2.45) is 5.73 Å². The number of benzene rings is 1. The van der Waals surface area contributed by atoms with Crippen LogP contribution in [0.5, 0.6) is 0 Å². The van der Waals surface area contributed by atoms with Crippen LogP contribution < -0.4 is 10.6 Å². The third-order valence-electron chi connectivity index (χ3n) is 2.59. The molecule has 0 unspecified atom stereocenters. The van der Waals surface area contributed by atoms with E-state index in [0.29, 0.717) is 12.1 Å². The SMILES string of the molecule is CN(Cc1cscn1)c1cccc(F)c1CN. The molecule has 0 bridgehead atoms. The first-order valence-electron chi connectivity index (χ1n) is 5.28. The third-order valence-corrected chi connectivity index (χ3v) is 3.23. The first-order chi connectivity index (χ1) is 8.22. The van der Waals surface area contributed by atoms with E-state index in [-0.39, 0.29) is 12.4 Å². The molecule has 2 N–H and O–H groups in total. The van der Waals surface area contributed by atoms with Crippen molar-refractivity contribution < 1.29 is 4.39 Å². The van der Waals surface area contributed by atoms with E-state index in [4.69, 9.17) is 5.73 Å². The molecular weight excluding hydrogens is 237 g/mol. The molecule has 90 valence electrons. The summed E-state index contributed by atoms with van der Waals surface area (Å²) in [6.45, 7) is 0.851. The number of thiazole rings is 1. The molecule has 2 rings (SSSR count). The second-order valence-corrected chi connectivity index (χ2v) is 4.50. The highest BCUT2D eigenvalue weighted by molar-refractivity contribution is 7.07. The first-order valence-corrected chi connectivity index (χ1v) is 6.22. The number of hydrogen-bond acceptors (Lipinski definition) is 4. The van der Waals surface area contributed by atoms with Crippen molar-refractivity contribution in [3.63, 3.8) is 0 Å². The van der Waals surface area contributed by atoms with Crippen LogP contribution in [0.3, 0.4) is 0 Å². The van der Waals surface area contributed by atoms with Gasteiger partial charge in [-0.05, 0) is 12.1 Å².